The molecule has 0 saturated carbocycles. The van der Waals surface area contributed by atoms with Crippen LogP contribution < -0.4 is 5.32 Å². The Bertz CT molecular complexity index is 372. The van der Waals surface area contributed by atoms with Crippen LogP contribution >= 0.6 is 0 Å². The lowest BCUT2D eigenvalue weighted by Gasteiger charge is -2.20. The van der Waals surface area contributed by atoms with Crippen molar-refractivity contribution in [2.75, 3.05) is 18.4 Å². The van der Waals surface area contributed by atoms with Crippen molar-refractivity contribution in [3.63, 3.8) is 0 Å². The number of carbonyl (C=O) groups excluding carboxylic acids is 1. The van der Waals surface area contributed by atoms with E-state index in [1.807, 2.05) is 18.7 Å². The Hall–Kier alpha value is -1.52. The number of hydrogen-bond acceptors (Lipinski definition) is 2. The molecular weight excluding hydrogens is 216 g/mol. The molecule has 1 fully saturated rings. The maximum atomic E-state index is 12.1. The summed E-state index contributed by atoms with van der Waals surface area (Å²) in [6.07, 6.45) is 4.68. The van der Waals surface area contributed by atoms with Crippen LogP contribution in [0.1, 0.15) is 37.1 Å². The van der Waals surface area contributed by atoms with Crippen molar-refractivity contribution in [3.05, 3.63) is 11.4 Å². The summed E-state index contributed by atoms with van der Waals surface area (Å²) in [5.41, 5.74) is 2.57. The van der Waals surface area contributed by atoms with E-state index < -0.39 is 0 Å². The van der Waals surface area contributed by atoms with Crippen LogP contribution in [0.3, 0.4) is 0 Å². The molecule has 0 radical (unpaired) electrons. The summed E-state index contributed by atoms with van der Waals surface area (Å²) in [7, 11) is 0. The van der Waals surface area contributed by atoms with E-state index in [0.717, 1.165) is 43.0 Å². The molecule has 2 rings (SSSR count). The van der Waals surface area contributed by atoms with E-state index in [-0.39, 0.29) is 6.03 Å². The van der Waals surface area contributed by atoms with E-state index in [1.165, 1.54) is 12.8 Å². The minimum atomic E-state index is -0.000463. The summed E-state index contributed by atoms with van der Waals surface area (Å²) >= 11 is 0. The number of aromatic nitrogens is 2. The van der Waals surface area contributed by atoms with Crippen molar-refractivity contribution in [1.82, 2.24) is 15.1 Å². The van der Waals surface area contributed by atoms with Crippen LogP contribution in [0.5, 0.6) is 0 Å². The molecule has 5 heteroatoms. The molecule has 0 aliphatic carbocycles. The second-order valence-corrected chi connectivity index (χ2v) is 4.64. The zero-order chi connectivity index (χ0) is 12.3. The van der Waals surface area contributed by atoms with Crippen LogP contribution in [-0.4, -0.2) is 34.2 Å². The van der Waals surface area contributed by atoms with Gasteiger partial charge in [-0.05, 0) is 26.7 Å². The molecule has 0 aromatic carbocycles. The zero-order valence-electron chi connectivity index (χ0n) is 10.5. The van der Waals surface area contributed by atoms with E-state index in [4.69, 9.17) is 0 Å². The normalized spacial score (nSPS) is 16.7. The van der Waals surface area contributed by atoms with Gasteiger partial charge in [-0.2, -0.15) is 5.10 Å². The molecule has 2 heterocycles. The van der Waals surface area contributed by atoms with Crippen molar-refractivity contribution in [2.24, 2.45) is 0 Å². The van der Waals surface area contributed by atoms with Crippen molar-refractivity contribution < 1.29 is 4.79 Å². The van der Waals surface area contributed by atoms with Crippen molar-refractivity contribution in [1.29, 1.82) is 0 Å². The Morgan fingerprint density at radius 1 is 1.24 bits per heavy atom. The molecule has 1 aliphatic rings. The Morgan fingerprint density at radius 2 is 1.88 bits per heavy atom. The fourth-order valence-corrected chi connectivity index (χ4v) is 2.19. The third-order valence-electron chi connectivity index (χ3n) is 3.25. The molecule has 17 heavy (non-hydrogen) atoms. The Labute approximate surface area is 102 Å². The lowest BCUT2D eigenvalue weighted by atomic mass is 10.2. The van der Waals surface area contributed by atoms with Crippen LogP contribution in [0.4, 0.5) is 10.5 Å². The van der Waals surface area contributed by atoms with E-state index >= 15 is 0 Å². The van der Waals surface area contributed by atoms with E-state index in [2.05, 4.69) is 15.5 Å². The maximum Gasteiger partial charge on any atom is 0.321 e. The number of nitrogens with one attached hydrogen (secondary N) is 2. The molecule has 1 saturated heterocycles. The molecule has 0 spiro atoms. The second-order valence-electron chi connectivity index (χ2n) is 4.64. The minimum Gasteiger partial charge on any atom is -0.325 e. The van der Waals surface area contributed by atoms with Gasteiger partial charge < -0.3 is 10.2 Å². The highest BCUT2D eigenvalue weighted by atomic mass is 16.2. The minimum absolute atomic E-state index is 0.000463. The lowest BCUT2D eigenvalue weighted by molar-refractivity contribution is 0.213. The topological polar surface area (TPSA) is 61.0 Å². The van der Waals surface area contributed by atoms with Crippen LogP contribution in [0.2, 0.25) is 0 Å². The van der Waals surface area contributed by atoms with Crippen molar-refractivity contribution >= 4 is 11.7 Å². The molecule has 1 aliphatic heterocycles. The SMILES string of the molecule is Cc1n[nH]c(C)c1NC(=O)N1CCCCCC1. The molecule has 1 aromatic heterocycles. The molecule has 5 nitrogen and oxygen atoms in total. The number of aromatic amines is 1. The predicted molar refractivity (Wildman–Crippen MR) is 67.1 cm³/mol. The van der Waals surface area contributed by atoms with Crippen LogP contribution in [-0.2, 0) is 0 Å². The second kappa shape index (κ2) is 5.21. The summed E-state index contributed by atoms with van der Waals surface area (Å²) in [6.45, 7) is 5.53. The number of rotatable bonds is 1. The molecule has 0 bridgehead atoms. The first-order chi connectivity index (χ1) is 8.18. The summed E-state index contributed by atoms with van der Waals surface area (Å²) < 4.78 is 0. The highest BCUT2D eigenvalue weighted by Crippen LogP contribution is 2.17. The molecule has 94 valence electrons. The number of hydrogen-bond donors (Lipinski definition) is 2. The number of carbonyl (C=O) groups is 1. The van der Waals surface area contributed by atoms with Gasteiger partial charge in [0.1, 0.15) is 0 Å². The smallest absolute Gasteiger partial charge is 0.321 e. The fourth-order valence-electron chi connectivity index (χ4n) is 2.19. The largest absolute Gasteiger partial charge is 0.325 e. The van der Waals surface area contributed by atoms with Gasteiger partial charge >= 0.3 is 6.03 Å². The fraction of sp³-hybridized carbons (Fsp3) is 0.667. The molecular formula is C12H20N4O. The first-order valence-corrected chi connectivity index (χ1v) is 6.26. The average Bonchev–Trinajstić information content (AvgIpc) is 2.59. The number of H-pyrrole nitrogens is 1. The molecule has 0 atom stereocenters. The van der Waals surface area contributed by atoms with Gasteiger partial charge in [0.25, 0.3) is 0 Å². The van der Waals surface area contributed by atoms with Gasteiger partial charge in [-0.1, -0.05) is 12.8 Å². The Kier molecular flexibility index (Phi) is 3.66. The number of anilines is 1. The lowest BCUT2D eigenvalue weighted by Crippen LogP contribution is -2.35. The molecule has 2 amide bonds. The Balaban J connectivity index is 2.00. The summed E-state index contributed by atoms with van der Waals surface area (Å²) in [6, 6.07) is -0.000463. The van der Waals surface area contributed by atoms with Gasteiger partial charge in [-0.25, -0.2) is 4.79 Å². The monoisotopic (exact) mass is 236 g/mol. The molecule has 0 unspecified atom stereocenters. The first kappa shape index (κ1) is 12.0. The molecule has 2 N–H and O–H groups in total. The molecule has 1 aromatic rings. The van der Waals surface area contributed by atoms with E-state index in [0.29, 0.717) is 0 Å². The quantitative estimate of drug-likeness (QED) is 0.786. The third kappa shape index (κ3) is 2.78. The summed E-state index contributed by atoms with van der Waals surface area (Å²) in [5.74, 6) is 0. The van der Waals surface area contributed by atoms with E-state index in [9.17, 15) is 4.79 Å². The number of amides is 2. The number of aryl methyl sites for hydroxylation is 2. The average molecular weight is 236 g/mol. The van der Waals surface area contributed by atoms with Crippen LogP contribution in [0.25, 0.3) is 0 Å². The summed E-state index contributed by atoms with van der Waals surface area (Å²) in [5, 5.41) is 9.90. The van der Waals surface area contributed by atoms with Gasteiger partial charge in [0.2, 0.25) is 0 Å². The van der Waals surface area contributed by atoms with Gasteiger partial charge in [0.15, 0.2) is 0 Å². The number of nitrogens with zero attached hydrogens (tertiary/aromatic N) is 2. The maximum absolute atomic E-state index is 12.1. The van der Waals surface area contributed by atoms with Crippen LogP contribution in [0, 0.1) is 13.8 Å². The predicted octanol–water partition coefficient (Wildman–Crippen LogP) is 2.43. The number of likely N-dealkylation sites (tertiary alicyclic amines) is 1. The van der Waals surface area contributed by atoms with E-state index in [1.54, 1.807) is 0 Å². The van der Waals surface area contributed by atoms with Gasteiger partial charge in [0, 0.05) is 13.1 Å². The summed E-state index contributed by atoms with van der Waals surface area (Å²) in [4.78, 5) is 14.0. The highest BCUT2D eigenvalue weighted by Gasteiger charge is 2.17. The zero-order valence-corrected chi connectivity index (χ0v) is 10.5. The standard InChI is InChI=1S/C12H20N4O/c1-9-11(10(2)15-14-9)13-12(17)16-7-5-3-4-6-8-16/h3-8H2,1-2H3,(H,13,17)(H,14,15). The number of urea groups is 1. The Morgan fingerprint density at radius 3 is 2.41 bits per heavy atom. The van der Waals surface area contributed by atoms with Gasteiger partial charge in [0.05, 0.1) is 17.1 Å². The van der Waals surface area contributed by atoms with Gasteiger partial charge in [-0.15, -0.1) is 0 Å². The highest BCUT2D eigenvalue weighted by molar-refractivity contribution is 5.90. The van der Waals surface area contributed by atoms with Crippen LogP contribution in [0.15, 0.2) is 0 Å². The van der Waals surface area contributed by atoms with Crippen molar-refractivity contribution in [3.8, 4) is 0 Å². The van der Waals surface area contributed by atoms with Gasteiger partial charge in [-0.3, -0.25) is 5.10 Å². The first-order valence-electron chi connectivity index (χ1n) is 6.26. The third-order valence-corrected chi connectivity index (χ3v) is 3.25. The van der Waals surface area contributed by atoms with Crippen molar-refractivity contribution in [2.45, 2.75) is 39.5 Å².